The van der Waals surface area contributed by atoms with E-state index in [0.29, 0.717) is 10.8 Å². The van der Waals surface area contributed by atoms with E-state index in [1.54, 1.807) is 23.6 Å². The van der Waals surface area contributed by atoms with Crippen molar-refractivity contribution in [2.24, 2.45) is 0 Å². The van der Waals surface area contributed by atoms with Crippen molar-refractivity contribution in [3.8, 4) is 44.5 Å². The van der Waals surface area contributed by atoms with Crippen molar-refractivity contribution in [2.45, 2.75) is 13.0 Å². The number of hydrogen-bond donors (Lipinski definition) is 1. The minimum absolute atomic E-state index is 0.488. The van der Waals surface area contributed by atoms with Crippen LogP contribution in [-0.2, 0) is 4.79 Å². The van der Waals surface area contributed by atoms with Gasteiger partial charge in [-0.15, -0.1) is 11.3 Å². The van der Waals surface area contributed by atoms with Crippen LogP contribution >= 0.6 is 22.9 Å². The number of carboxylic acids is 1. The number of carboxylic acid groups (broad SMARTS) is 1. The number of aliphatic carboxylic acids is 1. The molecule has 0 saturated carbocycles. The smallest absolute Gasteiger partial charge is 0.344 e. The molecule has 0 fully saturated rings. The first kappa shape index (κ1) is 22.8. The van der Waals surface area contributed by atoms with E-state index in [1.165, 1.54) is 6.92 Å². The number of thiazole rings is 1. The van der Waals surface area contributed by atoms with Crippen molar-refractivity contribution in [1.29, 1.82) is 0 Å². The number of rotatable bonds is 7. The topological polar surface area (TPSA) is 77.2 Å². The molecule has 0 bridgehead atoms. The summed E-state index contributed by atoms with van der Waals surface area (Å²) in [5, 5.41) is 17.6. The lowest BCUT2D eigenvalue weighted by molar-refractivity contribution is -0.144. The number of nitrogens with zero attached hydrogens (tertiary/aromatic N) is 3. The number of halogens is 1. The Hall–Kier alpha value is -3.94. The van der Waals surface area contributed by atoms with E-state index in [2.05, 4.69) is 4.98 Å². The summed E-state index contributed by atoms with van der Waals surface area (Å²) in [7, 11) is 0. The molecule has 5 aromatic rings. The normalized spacial score (nSPS) is 11.8. The zero-order valence-corrected chi connectivity index (χ0v) is 20.2. The molecule has 0 radical (unpaired) electrons. The van der Waals surface area contributed by atoms with Gasteiger partial charge in [-0.25, -0.2) is 14.5 Å². The van der Waals surface area contributed by atoms with E-state index in [9.17, 15) is 9.90 Å². The first-order chi connectivity index (χ1) is 17.0. The summed E-state index contributed by atoms with van der Waals surface area (Å²) in [6.07, 6.45) is 0.826. The molecule has 1 atom stereocenters. The first-order valence-electron chi connectivity index (χ1n) is 10.8. The molecule has 0 aliphatic rings. The summed E-state index contributed by atoms with van der Waals surface area (Å²) in [5.41, 5.74) is 5.31. The largest absolute Gasteiger partial charge is 0.479 e. The van der Waals surface area contributed by atoms with Crippen LogP contribution in [0.1, 0.15) is 6.92 Å². The van der Waals surface area contributed by atoms with Crippen molar-refractivity contribution in [2.75, 3.05) is 0 Å². The molecule has 0 aliphatic carbocycles. The van der Waals surface area contributed by atoms with Crippen molar-refractivity contribution < 1.29 is 14.6 Å². The summed E-state index contributed by atoms with van der Waals surface area (Å²) in [5.74, 6) is -0.527. The summed E-state index contributed by atoms with van der Waals surface area (Å²) >= 11 is 7.65. The first-order valence-corrected chi connectivity index (χ1v) is 12.1. The molecule has 6 nitrogen and oxygen atoms in total. The van der Waals surface area contributed by atoms with E-state index in [1.807, 2.05) is 82.9 Å². The van der Waals surface area contributed by atoms with Crippen molar-refractivity contribution in [3.63, 3.8) is 0 Å². The Balaban J connectivity index is 1.61. The summed E-state index contributed by atoms with van der Waals surface area (Å²) in [6, 6.07) is 24.9. The third-order valence-corrected chi connectivity index (χ3v) is 6.49. The molecule has 1 unspecified atom stereocenters. The van der Waals surface area contributed by atoms with Crippen LogP contribution in [0, 0.1) is 0 Å². The molecule has 0 spiro atoms. The number of carbonyl (C=O) groups is 1. The van der Waals surface area contributed by atoms with Gasteiger partial charge in [0.25, 0.3) is 0 Å². The van der Waals surface area contributed by atoms with Gasteiger partial charge in [-0.05, 0) is 60.5 Å². The summed E-state index contributed by atoms with van der Waals surface area (Å²) < 4.78 is 7.46. The second kappa shape index (κ2) is 9.74. The Morgan fingerprint density at radius 3 is 2.51 bits per heavy atom. The van der Waals surface area contributed by atoms with E-state index in [4.69, 9.17) is 21.4 Å². The van der Waals surface area contributed by atoms with Crippen molar-refractivity contribution >= 4 is 28.9 Å². The third kappa shape index (κ3) is 4.82. The van der Waals surface area contributed by atoms with Gasteiger partial charge >= 0.3 is 5.97 Å². The molecular weight excluding hydrogens is 482 g/mol. The van der Waals surface area contributed by atoms with E-state index in [-0.39, 0.29) is 0 Å². The van der Waals surface area contributed by atoms with Gasteiger partial charge in [0.05, 0.1) is 11.4 Å². The molecule has 8 heteroatoms. The Bertz CT molecular complexity index is 1480. The number of hydrogen-bond acceptors (Lipinski definition) is 5. The molecule has 0 aliphatic heterocycles. The second-order valence-electron chi connectivity index (χ2n) is 7.81. The maximum Gasteiger partial charge on any atom is 0.344 e. The molecule has 35 heavy (non-hydrogen) atoms. The zero-order valence-electron chi connectivity index (χ0n) is 18.6. The molecule has 5 rings (SSSR count). The van der Waals surface area contributed by atoms with Crippen LogP contribution in [0.3, 0.4) is 0 Å². The maximum atomic E-state index is 11.2. The van der Waals surface area contributed by atoms with Crippen LogP contribution in [-0.4, -0.2) is 31.9 Å². The number of ether oxygens (including phenoxy) is 1. The monoisotopic (exact) mass is 501 g/mol. The highest BCUT2D eigenvalue weighted by atomic mass is 35.5. The van der Waals surface area contributed by atoms with E-state index >= 15 is 0 Å². The highest BCUT2D eigenvalue weighted by Crippen LogP contribution is 2.36. The van der Waals surface area contributed by atoms with Crippen LogP contribution < -0.4 is 4.74 Å². The zero-order chi connectivity index (χ0) is 24.4. The average Bonchev–Trinajstić information content (AvgIpc) is 3.55. The van der Waals surface area contributed by atoms with Gasteiger partial charge in [0.15, 0.2) is 6.10 Å². The van der Waals surface area contributed by atoms with Crippen LogP contribution in [0.15, 0.2) is 90.4 Å². The van der Waals surface area contributed by atoms with Gasteiger partial charge in [-0.2, -0.15) is 5.10 Å². The lowest BCUT2D eigenvalue weighted by Gasteiger charge is -2.13. The summed E-state index contributed by atoms with van der Waals surface area (Å²) in [4.78, 5) is 15.7. The Kier molecular flexibility index (Phi) is 6.35. The lowest BCUT2D eigenvalue weighted by atomic mass is 9.97. The molecular formula is C27H20ClN3O3S. The molecule has 2 heterocycles. The number of benzene rings is 3. The SMILES string of the molecule is CC(Oc1cccc(-c2ccccc2-c2cc(-c3nccs3)n(-c3ccc(Cl)cc3)n2)c1)C(=O)O. The van der Waals surface area contributed by atoms with Crippen LogP contribution in [0.5, 0.6) is 5.75 Å². The van der Waals surface area contributed by atoms with Gasteiger partial charge in [-0.1, -0.05) is 48.0 Å². The highest BCUT2D eigenvalue weighted by molar-refractivity contribution is 7.13. The predicted molar refractivity (Wildman–Crippen MR) is 138 cm³/mol. The van der Waals surface area contributed by atoms with Crippen LogP contribution in [0.2, 0.25) is 5.02 Å². The van der Waals surface area contributed by atoms with Crippen LogP contribution in [0.4, 0.5) is 0 Å². The fraction of sp³-hybridized carbons (Fsp3) is 0.0741. The van der Waals surface area contributed by atoms with E-state index < -0.39 is 12.1 Å². The summed E-state index contributed by atoms with van der Waals surface area (Å²) in [6.45, 7) is 1.51. The fourth-order valence-corrected chi connectivity index (χ4v) is 4.51. The van der Waals surface area contributed by atoms with Gasteiger partial charge in [0, 0.05) is 22.2 Å². The second-order valence-corrected chi connectivity index (χ2v) is 9.14. The molecule has 0 amide bonds. The highest BCUT2D eigenvalue weighted by Gasteiger charge is 2.18. The maximum absolute atomic E-state index is 11.2. The standard InChI is InChI=1S/C27H20ClN3O3S/c1-17(27(32)33)34-21-6-4-5-18(15-21)22-7-2-3-8-23(22)24-16-25(26-29-13-14-35-26)31(30-24)20-11-9-19(28)10-12-20/h2-17H,1H3,(H,32,33). The molecule has 3 aromatic carbocycles. The molecule has 174 valence electrons. The van der Waals surface area contributed by atoms with E-state index in [0.717, 1.165) is 38.8 Å². The van der Waals surface area contributed by atoms with Crippen molar-refractivity contribution in [3.05, 3.63) is 95.5 Å². The third-order valence-electron chi connectivity index (χ3n) is 5.44. The molecule has 0 saturated heterocycles. The Labute approximate surface area is 211 Å². The minimum Gasteiger partial charge on any atom is -0.479 e. The van der Waals surface area contributed by atoms with Gasteiger partial charge in [0.1, 0.15) is 16.5 Å². The lowest BCUT2D eigenvalue weighted by Crippen LogP contribution is -2.22. The fourth-order valence-electron chi connectivity index (χ4n) is 3.74. The molecule has 1 N–H and O–H groups in total. The predicted octanol–water partition coefficient (Wildman–Crippen LogP) is 6.84. The van der Waals surface area contributed by atoms with Gasteiger partial charge in [-0.3, -0.25) is 0 Å². The molecule has 2 aromatic heterocycles. The van der Waals surface area contributed by atoms with Crippen molar-refractivity contribution in [1.82, 2.24) is 14.8 Å². The van der Waals surface area contributed by atoms with Gasteiger partial charge < -0.3 is 9.84 Å². The quantitative estimate of drug-likeness (QED) is 0.264. The van der Waals surface area contributed by atoms with Gasteiger partial charge in [0.2, 0.25) is 0 Å². The van der Waals surface area contributed by atoms with Crippen LogP contribution in [0.25, 0.3) is 38.8 Å². The Morgan fingerprint density at radius 2 is 1.80 bits per heavy atom. The Morgan fingerprint density at radius 1 is 1.03 bits per heavy atom. The minimum atomic E-state index is -1.02. The average molecular weight is 502 g/mol. The number of aromatic nitrogens is 3.